The van der Waals surface area contributed by atoms with Crippen molar-refractivity contribution in [3.63, 3.8) is 0 Å². The second kappa shape index (κ2) is 6.67. The third-order valence-electron chi connectivity index (χ3n) is 4.01. The van der Waals surface area contributed by atoms with E-state index in [0.717, 1.165) is 13.1 Å². The minimum absolute atomic E-state index is 0.206. The lowest BCUT2D eigenvalue weighted by Crippen LogP contribution is -2.36. The number of nitrogen functional groups attached to an aromatic ring is 1. The second-order valence-electron chi connectivity index (χ2n) is 5.64. The van der Waals surface area contributed by atoms with Gasteiger partial charge in [0.2, 0.25) is 0 Å². The molecule has 1 amide bonds. The number of nitrogens with one attached hydrogen (secondary N) is 1. The van der Waals surface area contributed by atoms with Gasteiger partial charge in [0.1, 0.15) is 0 Å². The minimum Gasteiger partial charge on any atom is -0.302 e. The van der Waals surface area contributed by atoms with E-state index >= 15 is 0 Å². The lowest BCUT2D eigenvalue weighted by atomic mass is 10.2. The number of likely N-dealkylation sites (tertiary alicyclic amines) is 1. The number of hydrogen-bond donors (Lipinski definition) is 2. The van der Waals surface area contributed by atoms with Gasteiger partial charge < -0.3 is 9.80 Å². The molecule has 0 spiro atoms. The predicted octanol–water partition coefficient (Wildman–Crippen LogP) is 1.19. The maximum Gasteiger partial charge on any atom is 0.275 e. The third kappa shape index (κ3) is 3.58. The number of nitrogens with zero attached hydrogens (tertiary/aromatic N) is 2. The average Bonchev–Trinajstić information content (AvgIpc) is 2.96. The van der Waals surface area contributed by atoms with Gasteiger partial charge in [-0.2, -0.15) is 0 Å². The van der Waals surface area contributed by atoms with Crippen molar-refractivity contribution >= 4 is 17.2 Å². The number of aryl methyl sites for hydroxylation is 1. The first-order valence-electron chi connectivity index (χ1n) is 7.00. The van der Waals surface area contributed by atoms with Gasteiger partial charge in [0.25, 0.3) is 5.91 Å². The molecular formula is C14H24N4OS. The molecule has 1 aliphatic heterocycles. The molecule has 0 bridgehead atoms. The third-order valence-corrected chi connectivity index (χ3v) is 5.10. The first-order valence-corrected chi connectivity index (χ1v) is 7.82. The number of likely N-dealkylation sites (N-methyl/N-ethyl adjacent to an activating group) is 2. The molecule has 1 saturated heterocycles. The van der Waals surface area contributed by atoms with E-state index in [-0.39, 0.29) is 5.91 Å². The molecule has 0 aromatic carbocycles. The molecule has 1 aromatic rings. The highest BCUT2D eigenvalue weighted by molar-refractivity contribution is 7.14. The summed E-state index contributed by atoms with van der Waals surface area (Å²) >= 11 is 1.50. The van der Waals surface area contributed by atoms with Crippen LogP contribution in [-0.2, 0) is 6.54 Å². The summed E-state index contributed by atoms with van der Waals surface area (Å²) in [6, 6.07) is 2.61. The molecule has 112 valence electrons. The molecule has 1 unspecified atom stereocenters. The zero-order chi connectivity index (χ0) is 14.7. The Morgan fingerprint density at radius 1 is 1.65 bits per heavy atom. The van der Waals surface area contributed by atoms with E-state index in [9.17, 15) is 4.79 Å². The lowest BCUT2D eigenvalue weighted by Gasteiger charge is -2.25. The standard InChI is InChI=1S/C14H24N4OS/c1-10-11(7-13(20-10)14(19)16-15)8-17(2)9-12-5-4-6-18(12)3/h7,12H,4-6,8-9,15H2,1-3H3,(H,16,19). The highest BCUT2D eigenvalue weighted by Crippen LogP contribution is 2.23. The summed E-state index contributed by atoms with van der Waals surface area (Å²) in [6.45, 7) is 5.22. The smallest absolute Gasteiger partial charge is 0.275 e. The fourth-order valence-corrected chi connectivity index (χ4v) is 3.72. The summed E-state index contributed by atoms with van der Waals surface area (Å²) in [5, 5.41) is 0. The van der Waals surface area contributed by atoms with Crippen LogP contribution in [0.3, 0.4) is 0 Å². The van der Waals surface area contributed by atoms with Crippen molar-refractivity contribution in [2.24, 2.45) is 5.84 Å². The van der Waals surface area contributed by atoms with E-state index in [0.29, 0.717) is 10.9 Å². The quantitative estimate of drug-likeness (QED) is 0.487. The number of nitrogens with two attached hydrogens (primary N) is 1. The molecule has 1 atom stereocenters. The van der Waals surface area contributed by atoms with Gasteiger partial charge in [-0.25, -0.2) is 5.84 Å². The Kier molecular flexibility index (Phi) is 5.15. The molecule has 6 heteroatoms. The van der Waals surface area contributed by atoms with Crippen LogP contribution in [0.2, 0.25) is 0 Å². The van der Waals surface area contributed by atoms with E-state index < -0.39 is 0 Å². The van der Waals surface area contributed by atoms with Crippen molar-refractivity contribution in [2.75, 3.05) is 27.2 Å². The normalized spacial score (nSPS) is 19.8. The number of carbonyl (C=O) groups is 1. The highest BCUT2D eigenvalue weighted by atomic mass is 32.1. The van der Waals surface area contributed by atoms with Gasteiger partial charge in [0, 0.05) is 24.0 Å². The van der Waals surface area contributed by atoms with Crippen molar-refractivity contribution in [1.82, 2.24) is 15.2 Å². The minimum atomic E-state index is -0.206. The summed E-state index contributed by atoms with van der Waals surface area (Å²) < 4.78 is 0. The SMILES string of the molecule is Cc1sc(C(=O)NN)cc1CN(C)CC1CCCN1C. The van der Waals surface area contributed by atoms with E-state index in [2.05, 4.69) is 36.2 Å². The zero-order valence-electron chi connectivity index (χ0n) is 12.5. The molecule has 0 radical (unpaired) electrons. The molecule has 0 saturated carbocycles. The first-order chi connectivity index (χ1) is 9.51. The monoisotopic (exact) mass is 296 g/mol. The Labute approximate surface area is 124 Å². The molecule has 3 N–H and O–H groups in total. The molecule has 0 aliphatic carbocycles. The lowest BCUT2D eigenvalue weighted by molar-refractivity contribution is 0.0957. The Hall–Kier alpha value is -0.950. The first kappa shape index (κ1) is 15.4. The summed E-state index contributed by atoms with van der Waals surface area (Å²) in [5.41, 5.74) is 3.41. The number of hydrogen-bond acceptors (Lipinski definition) is 5. The Morgan fingerprint density at radius 2 is 2.40 bits per heavy atom. The van der Waals surface area contributed by atoms with Crippen LogP contribution < -0.4 is 11.3 Å². The number of thiophene rings is 1. The van der Waals surface area contributed by atoms with Gasteiger partial charge >= 0.3 is 0 Å². The summed E-state index contributed by atoms with van der Waals surface area (Å²) in [7, 11) is 4.34. The van der Waals surface area contributed by atoms with E-state index in [4.69, 9.17) is 5.84 Å². The van der Waals surface area contributed by atoms with Crippen molar-refractivity contribution in [3.8, 4) is 0 Å². The fourth-order valence-electron chi connectivity index (χ4n) is 2.78. The Morgan fingerprint density at radius 3 is 3.00 bits per heavy atom. The van der Waals surface area contributed by atoms with Crippen LogP contribution in [0.25, 0.3) is 0 Å². The number of carbonyl (C=O) groups excluding carboxylic acids is 1. The van der Waals surface area contributed by atoms with Gasteiger partial charge in [0.15, 0.2) is 0 Å². The molecule has 2 rings (SSSR count). The number of amides is 1. The van der Waals surface area contributed by atoms with Gasteiger partial charge in [-0.15, -0.1) is 11.3 Å². The second-order valence-corrected chi connectivity index (χ2v) is 6.90. The maximum atomic E-state index is 11.5. The van der Waals surface area contributed by atoms with Gasteiger partial charge in [-0.1, -0.05) is 0 Å². The van der Waals surface area contributed by atoms with Crippen molar-refractivity contribution in [1.29, 1.82) is 0 Å². The van der Waals surface area contributed by atoms with Crippen LogP contribution in [0, 0.1) is 6.92 Å². The van der Waals surface area contributed by atoms with Gasteiger partial charge in [-0.05, 0) is 52.0 Å². The van der Waals surface area contributed by atoms with E-state index in [1.54, 1.807) is 0 Å². The van der Waals surface area contributed by atoms with E-state index in [1.807, 2.05) is 6.07 Å². The van der Waals surface area contributed by atoms with Crippen LogP contribution in [0.1, 0.15) is 33.0 Å². The zero-order valence-corrected chi connectivity index (χ0v) is 13.3. The Bertz CT molecular complexity index is 474. The van der Waals surface area contributed by atoms with Crippen LogP contribution in [-0.4, -0.2) is 48.9 Å². The van der Waals surface area contributed by atoms with Crippen LogP contribution >= 0.6 is 11.3 Å². The Balaban J connectivity index is 1.95. The van der Waals surface area contributed by atoms with Crippen LogP contribution in [0.4, 0.5) is 0 Å². The summed E-state index contributed by atoms with van der Waals surface area (Å²) in [4.78, 5) is 18.2. The molecule has 1 aromatic heterocycles. The van der Waals surface area contributed by atoms with Crippen LogP contribution in [0.5, 0.6) is 0 Å². The van der Waals surface area contributed by atoms with Crippen molar-refractivity contribution in [3.05, 3.63) is 21.4 Å². The molecular weight excluding hydrogens is 272 g/mol. The van der Waals surface area contributed by atoms with Crippen LogP contribution in [0.15, 0.2) is 6.07 Å². The van der Waals surface area contributed by atoms with Crippen molar-refractivity contribution in [2.45, 2.75) is 32.4 Å². The molecule has 1 aliphatic rings. The highest BCUT2D eigenvalue weighted by Gasteiger charge is 2.22. The largest absolute Gasteiger partial charge is 0.302 e. The number of rotatable bonds is 5. The van der Waals surface area contributed by atoms with E-state index in [1.165, 1.54) is 41.2 Å². The average molecular weight is 296 g/mol. The fraction of sp³-hybridized carbons (Fsp3) is 0.643. The summed E-state index contributed by atoms with van der Waals surface area (Å²) in [6.07, 6.45) is 2.58. The van der Waals surface area contributed by atoms with Gasteiger partial charge in [0.05, 0.1) is 4.88 Å². The maximum absolute atomic E-state index is 11.5. The molecule has 1 fully saturated rings. The van der Waals surface area contributed by atoms with Gasteiger partial charge in [-0.3, -0.25) is 10.2 Å². The number of hydrazine groups is 1. The molecule has 20 heavy (non-hydrogen) atoms. The molecule has 5 nitrogen and oxygen atoms in total. The topological polar surface area (TPSA) is 61.6 Å². The summed E-state index contributed by atoms with van der Waals surface area (Å²) in [5.74, 6) is 4.97. The van der Waals surface area contributed by atoms with Crippen molar-refractivity contribution < 1.29 is 4.79 Å². The molecule has 2 heterocycles. The predicted molar refractivity (Wildman–Crippen MR) is 82.7 cm³/mol.